The first-order valence-corrected chi connectivity index (χ1v) is 6.63. The molecule has 0 saturated heterocycles. The van der Waals surface area contributed by atoms with Crippen molar-refractivity contribution in [3.05, 3.63) is 62.1 Å². The summed E-state index contributed by atoms with van der Waals surface area (Å²) in [6.07, 6.45) is 0. The minimum absolute atomic E-state index is 0.0275. The van der Waals surface area contributed by atoms with Crippen LogP contribution in [0.3, 0.4) is 0 Å². The Morgan fingerprint density at radius 3 is 2.65 bits per heavy atom. The van der Waals surface area contributed by atoms with Crippen molar-refractivity contribution in [2.75, 3.05) is 0 Å². The Hall–Kier alpha value is -1.92. The molecule has 5 nitrogen and oxygen atoms in total. The predicted octanol–water partition coefficient (Wildman–Crippen LogP) is 3.95. The quantitative estimate of drug-likeness (QED) is 0.677. The summed E-state index contributed by atoms with van der Waals surface area (Å²) in [7, 11) is 0. The first-order valence-electron chi connectivity index (χ1n) is 5.84. The van der Waals surface area contributed by atoms with Crippen molar-refractivity contribution in [1.29, 1.82) is 0 Å². The maximum atomic E-state index is 10.9. The van der Waals surface area contributed by atoms with Crippen molar-refractivity contribution >= 4 is 21.6 Å². The van der Waals surface area contributed by atoms with Crippen LogP contribution in [0.4, 0.5) is 5.69 Å². The molecule has 0 aromatic heterocycles. The maximum Gasteiger partial charge on any atom is 0.273 e. The second kappa shape index (κ2) is 6.02. The summed E-state index contributed by atoms with van der Waals surface area (Å²) in [5.41, 5.74) is 1.18. The minimum atomic E-state index is -0.439. The monoisotopic (exact) mass is 337 g/mol. The number of hydrogen-bond acceptors (Lipinski definition) is 4. The van der Waals surface area contributed by atoms with Gasteiger partial charge >= 0.3 is 0 Å². The lowest BCUT2D eigenvalue weighted by Crippen LogP contribution is -1.95. The van der Waals surface area contributed by atoms with Crippen LogP contribution in [0.5, 0.6) is 11.5 Å². The molecule has 0 spiro atoms. The van der Waals surface area contributed by atoms with E-state index in [1.54, 1.807) is 37.3 Å². The van der Waals surface area contributed by atoms with E-state index in [0.29, 0.717) is 27.1 Å². The van der Waals surface area contributed by atoms with Crippen molar-refractivity contribution in [2.24, 2.45) is 0 Å². The molecule has 0 amide bonds. The molecule has 0 atom stereocenters. The third-order valence-corrected chi connectivity index (χ3v) is 3.43. The summed E-state index contributed by atoms with van der Waals surface area (Å²) in [5, 5.41) is 20.1. The van der Waals surface area contributed by atoms with Gasteiger partial charge in [-0.05, 0) is 35.0 Å². The fourth-order valence-corrected chi connectivity index (χ4v) is 2.18. The molecular formula is C14H12BrNO4. The molecule has 0 bridgehead atoms. The van der Waals surface area contributed by atoms with E-state index >= 15 is 0 Å². The van der Waals surface area contributed by atoms with E-state index in [1.807, 2.05) is 0 Å². The number of nitro benzene ring substituents is 1. The maximum absolute atomic E-state index is 10.9. The molecule has 2 aromatic rings. The zero-order valence-corrected chi connectivity index (χ0v) is 12.3. The van der Waals surface area contributed by atoms with Gasteiger partial charge in [-0.2, -0.15) is 0 Å². The summed E-state index contributed by atoms with van der Waals surface area (Å²) >= 11 is 3.26. The molecule has 0 unspecified atom stereocenters. The summed E-state index contributed by atoms with van der Waals surface area (Å²) < 4.78 is 6.21. The molecule has 20 heavy (non-hydrogen) atoms. The number of hydrogen-bond donors (Lipinski definition) is 1. The molecular weight excluding hydrogens is 326 g/mol. The average Bonchev–Trinajstić information content (AvgIpc) is 2.42. The van der Waals surface area contributed by atoms with Crippen LogP contribution in [-0.2, 0) is 6.61 Å². The van der Waals surface area contributed by atoms with E-state index in [2.05, 4.69) is 15.9 Å². The van der Waals surface area contributed by atoms with Crippen LogP contribution in [0.25, 0.3) is 0 Å². The van der Waals surface area contributed by atoms with Crippen molar-refractivity contribution in [3.8, 4) is 11.5 Å². The van der Waals surface area contributed by atoms with Gasteiger partial charge < -0.3 is 9.84 Å². The van der Waals surface area contributed by atoms with Crippen LogP contribution in [0, 0.1) is 17.0 Å². The Balaban J connectivity index is 2.39. The average molecular weight is 338 g/mol. The Bertz CT molecular complexity index is 658. The summed E-state index contributed by atoms with van der Waals surface area (Å²) in [6.45, 7) is 1.51. The molecule has 6 heteroatoms. The van der Waals surface area contributed by atoms with E-state index in [9.17, 15) is 15.2 Å². The highest BCUT2D eigenvalue weighted by atomic mass is 79.9. The Morgan fingerprint density at radius 1 is 1.30 bits per heavy atom. The van der Waals surface area contributed by atoms with Gasteiger partial charge in [0.2, 0.25) is 0 Å². The first-order chi connectivity index (χ1) is 9.52. The highest BCUT2D eigenvalue weighted by Crippen LogP contribution is 2.36. The van der Waals surface area contributed by atoms with Gasteiger partial charge in [0.1, 0.15) is 11.5 Å². The normalized spacial score (nSPS) is 10.3. The molecule has 0 aliphatic carbocycles. The molecule has 2 aromatic carbocycles. The van der Waals surface area contributed by atoms with E-state index in [1.165, 1.54) is 6.07 Å². The number of halogens is 1. The van der Waals surface area contributed by atoms with Gasteiger partial charge in [-0.15, -0.1) is 0 Å². The molecule has 0 radical (unpaired) electrons. The number of aliphatic hydroxyl groups is 1. The van der Waals surface area contributed by atoms with Gasteiger partial charge in [0.05, 0.1) is 16.0 Å². The molecule has 0 heterocycles. The number of nitrogens with zero attached hydrogens (tertiary/aromatic N) is 1. The van der Waals surface area contributed by atoms with Gasteiger partial charge in [0.15, 0.2) is 0 Å². The van der Waals surface area contributed by atoms with Crippen molar-refractivity contribution in [2.45, 2.75) is 13.5 Å². The zero-order chi connectivity index (χ0) is 14.7. The van der Waals surface area contributed by atoms with Crippen LogP contribution >= 0.6 is 15.9 Å². The molecule has 104 valence electrons. The highest BCUT2D eigenvalue weighted by Gasteiger charge is 2.16. The Morgan fingerprint density at radius 2 is 2.00 bits per heavy atom. The van der Waals surface area contributed by atoms with E-state index < -0.39 is 4.92 Å². The highest BCUT2D eigenvalue weighted by molar-refractivity contribution is 9.10. The summed E-state index contributed by atoms with van der Waals surface area (Å²) in [6, 6.07) is 10.1. The molecule has 0 aliphatic heterocycles. The van der Waals surface area contributed by atoms with Gasteiger partial charge in [-0.3, -0.25) is 10.1 Å². The van der Waals surface area contributed by atoms with Gasteiger partial charge in [-0.25, -0.2) is 0 Å². The van der Waals surface area contributed by atoms with Gasteiger partial charge in [0, 0.05) is 17.2 Å². The number of ether oxygens (including phenoxy) is 1. The van der Waals surface area contributed by atoms with Gasteiger partial charge in [0.25, 0.3) is 5.69 Å². The van der Waals surface area contributed by atoms with E-state index in [-0.39, 0.29) is 12.3 Å². The third kappa shape index (κ3) is 2.97. The standard InChI is InChI=1S/C14H12BrNO4/c1-9-6-14(11(15)7-12(9)16(18)19)20-13-5-3-2-4-10(13)8-17/h2-7,17H,8H2,1H3. The Kier molecular flexibility index (Phi) is 4.36. The van der Waals surface area contributed by atoms with E-state index in [4.69, 9.17) is 4.74 Å². The lowest BCUT2D eigenvalue weighted by Gasteiger charge is -2.11. The lowest BCUT2D eigenvalue weighted by atomic mass is 10.2. The topological polar surface area (TPSA) is 72.6 Å². The summed E-state index contributed by atoms with van der Waals surface area (Å²) in [4.78, 5) is 10.4. The number of para-hydroxylation sites is 1. The molecule has 0 saturated carbocycles. The fraction of sp³-hybridized carbons (Fsp3) is 0.143. The molecule has 0 aliphatic rings. The predicted molar refractivity (Wildman–Crippen MR) is 78.0 cm³/mol. The third-order valence-electron chi connectivity index (χ3n) is 2.81. The second-order valence-corrected chi connectivity index (χ2v) is 5.05. The lowest BCUT2D eigenvalue weighted by molar-refractivity contribution is -0.385. The number of benzene rings is 2. The van der Waals surface area contributed by atoms with Crippen LogP contribution in [0.1, 0.15) is 11.1 Å². The molecule has 2 rings (SSSR count). The number of aliphatic hydroxyl groups excluding tert-OH is 1. The van der Waals surface area contributed by atoms with Crippen molar-refractivity contribution in [1.82, 2.24) is 0 Å². The summed E-state index contributed by atoms with van der Waals surface area (Å²) in [5.74, 6) is 0.984. The second-order valence-electron chi connectivity index (χ2n) is 4.19. The Labute approximate surface area is 124 Å². The number of nitro groups is 1. The zero-order valence-electron chi connectivity index (χ0n) is 10.7. The van der Waals surface area contributed by atoms with Crippen LogP contribution in [-0.4, -0.2) is 10.0 Å². The SMILES string of the molecule is Cc1cc(Oc2ccccc2CO)c(Br)cc1[N+](=O)[O-]. The van der Waals surface area contributed by atoms with Crippen LogP contribution in [0.15, 0.2) is 40.9 Å². The van der Waals surface area contributed by atoms with Gasteiger partial charge in [-0.1, -0.05) is 18.2 Å². The van der Waals surface area contributed by atoms with Crippen molar-refractivity contribution < 1.29 is 14.8 Å². The minimum Gasteiger partial charge on any atom is -0.456 e. The van der Waals surface area contributed by atoms with Crippen LogP contribution in [0.2, 0.25) is 0 Å². The molecule has 1 N–H and O–H groups in total. The smallest absolute Gasteiger partial charge is 0.273 e. The van der Waals surface area contributed by atoms with Crippen LogP contribution < -0.4 is 4.74 Å². The first kappa shape index (κ1) is 14.5. The number of rotatable bonds is 4. The molecule has 0 fully saturated rings. The number of aryl methyl sites for hydroxylation is 1. The van der Waals surface area contributed by atoms with Crippen molar-refractivity contribution in [3.63, 3.8) is 0 Å². The fourth-order valence-electron chi connectivity index (χ4n) is 1.77. The van der Waals surface area contributed by atoms with E-state index in [0.717, 1.165) is 0 Å². The largest absolute Gasteiger partial charge is 0.456 e.